The van der Waals surface area contributed by atoms with Gasteiger partial charge in [0.2, 0.25) is 0 Å². The van der Waals surface area contributed by atoms with E-state index in [4.69, 9.17) is 18.9 Å². The molecular weight excluding hydrogens is 344 g/mol. The van der Waals surface area contributed by atoms with Gasteiger partial charge in [0, 0.05) is 0 Å². The summed E-state index contributed by atoms with van der Waals surface area (Å²) < 4.78 is 19.0. The van der Waals surface area contributed by atoms with Crippen molar-refractivity contribution in [1.29, 1.82) is 0 Å². The Labute approximate surface area is 153 Å². The summed E-state index contributed by atoms with van der Waals surface area (Å²) in [6.07, 6.45) is 3.45. The van der Waals surface area contributed by atoms with Crippen LogP contribution in [0, 0.1) is 10.8 Å². The maximum absolute atomic E-state index is 12.1. The van der Waals surface area contributed by atoms with Gasteiger partial charge in [-0.1, -0.05) is 26.0 Å². The highest BCUT2D eigenvalue weighted by Gasteiger charge is 2.47. The number of hydrogen-bond acceptors (Lipinski definition) is 8. The van der Waals surface area contributed by atoms with Gasteiger partial charge in [0.05, 0.1) is 28.4 Å². The molecular formula is C18H28O8. The van der Waals surface area contributed by atoms with E-state index in [1.807, 2.05) is 0 Å². The summed E-state index contributed by atoms with van der Waals surface area (Å²) in [4.78, 5) is 48.5. The van der Waals surface area contributed by atoms with Crippen molar-refractivity contribution in [2.45, 2.75) is 39.5 Å². The minimum atomic E-state index is -1.48. The fourth-order valence-electron chi connectivity index (χ4n) is 2.72. The molecule has 0 aliphatic heterocycles. The second-order valence-corrected chi connectivity index (χ2v) is 5.72. The van der Waals surface area contributed by atoms with E-state index in [1.165, 1.54) is 28.4 Å². The van der Waals surface area contributed by atoms with Crippen molar-refractivity contribution in [3.8, 4) is 0 Å². The van der Waals surface area contributed by atoms with Crippen LogP contribution in [0.1, 0.15) is 39.5 Å². The highest BCUT2D eigenvalue weighted by molar-refractivity contribution is 6.01. The summed E-state index contributed by atoms with van der Waals surface area (Å²) >= 11 is 0. The molecule has 8 nitrogen and oxygen atoms in total. The van der Waals surface area contributed by atoms with Gasteiger partial charge < -0.3 is 18.9 Å². The fourth-order valence-corrected chi connectivity index (χ4v) is 2.72. The van der Waals surface area contributed by atoms with Crippen LogP contribution in [0.2, 0.25) is 0 Å². The van der Waals surface area contributed by atoms with Crippen LogP contribution in [0.5, 0.6) is 0 Å². The molecule has 0 atom stereocenters. The normalized spacial score (nSPS) is 11.8. The monoisotopic (exact) mass is 372 g/mol. The van der Waals surface area contributed by atoms with Gasteiger partial charge in [-0.15, -0.1) is 0 Å². The fraction of sp³-hybridized carbons (Fsp3) is 0.667. The van der Waals surface area contributed by atoms with E-state index in [2.05, 4.69) is 0 Å². The maximum atomic E-state index is 12.1. The number of carbonyl (C=O) groups is 4. The summed E-state index contributed by atoms with van der Waals surface area (Å²) in [7, 11) is 4.76. The molecule has 0 N–H and O–H groups in total. The van der Waals surface area contributed by atoms with Gasteiger partial charge >= 0.3 is 23.9 Å². The number of hydrogen-bond donors (Lipinski definition) is 0. The smallest absolute Gasteiger partial charge is 0.323 e. The molecule has 0 heterocycles. The highest BCUT2D eigenvalue weighted by Crippen LogP contribution is 2.33. The Morgan fingerprint density at radius 2 is 0.846 bits per heavy atom. The highest BCUT2D eigenvalue weighted by atomic mass is 16.6. The molecule has 26 heavy (non-hydrogen) atoms. The molecule has 0 aliphatic rings. The van der Waals surface area contributed by atoms with Gasteiger partial charge in [-0.05, 0) is 25.7 Å². The van der Waals surface area contributed by atoms with Gasteiger partial charge in [-0.25, -0.2) is 0 Å². The predicted octanol–water partition coefficient (Wildman–Crippen LogP) is 1.81. The first-order valence-electron chi connectivity index (χ1n) is 8.24. The van der Waals surface area contributed by atoms with E-state index in [0.717, 1.165) is 0 Å². The van der Waals surface area contributed by atoms with Crippen molar-refractivity contribution in [3.63, 3.8) is 0 Å². The van der Waals surface area contributed by atoms with Crippen molar-refractivity contribution in [1.82, 2.24) is 0 Å². The summed E-state index contributed by atoms with van der Waals surface area (Å²) in [5.74, 6) is -2.84. The molecule has 0 rings (SSSR count). The molecule has 0 saturated heterocycles. The first kappa shape index (κ1) is 23.6. The average molecular weight is 372 g/mol. The summed E-state index contributed by atoms with van der Waals surface area (Å²) in [6.45, 7) is 3.34. The number of rotatable bonds is 10. The zero-order valence-electron chi connectivity index (χ0n) is 16.2. The van der Waals surface area contributed by atoms with E-state index in [-0.39, 0.29) is 25.7 Å². The Morgan fingerprint density at radius 1 is 0.615 bits per heavy atom. The number of esters is 4. The molecule has 0 unspecified atom stereocenters. The molecule has 0 amide bonds. The SMILES string of the molecule is CCC(C/C=C\CC(CC)(C(=O)OC)C(=O)OC)(C(=O)OC)C(=O)OC. The van der Waals surface area contributed by atoms with Crippen LogP contribution in [0.3, 0.4) is 0 Å². The zero-order chi connectivity index (χ0) is 20.4. The van der Waals surface area contributed by atoms with Gasteiger partial charge in [0.25, 0.3) is 0 Å². The predicted molar refractivity (Wildman–Crippen MR) is 91.9 cm³/mol. The molecule has 0 aliphatic carbocycles. The minimum absolute atomic E-state index is 0.00495. The molecule has 0 spiro atoms. The first-order valence-corrected chi connectivity index (χ1v) is 8.24. The lowest BCUT2D eigenvalue weighted by Gasteiger charge is -2.26. The van der Waals surface area contributed by atoms with E-state index < -0.39 is 34.7 Å². The van der Waals surface area contributed by atoms with E-state index in [9.17, 15) is 19.2 Å². The lowest BCUT2D eigenvalue weighted by atomic mass is 9.79. The molecule has 0 radical (unpaired) electrons. The second kappa shape index (κ2) is 10.6. The zero-order valence-corrected chi connectivity index (χ0v) is 16.2. The van der Waals surface area contributed by atoms with Crippen LogP contribution < -0.4 is 0 Å². The summed E-state index contributed by atoms with van der Waals surface area (Å²) in [6, 6.07) is 0. The summed E-state index contributed by atoms with van der Waals surface area (Å²) in [5.41, 5.74) is -2.96. The standard InChI is InChI=1S/C18H28O8/c1-7-17(13(19)23-3,14(20)24-4)11-9-10-12-18(8-2,15(21)25-5)16(22)26-6/h9-10H,7-8,11-12H2,1-6H3/b10-9-. The van der Waals surface area contributed by atoms with Crippen LogP contribution in [0.15, 0.2) is 12.2 Å². The van der Waals surface area contributed by atoms with Gasteiger partial charge in [-0.2, -0.15) is 0 Å². The van der Waals surface area contributed by atoms with E-state index >= 15 is 0 Å². The third-order valence-electron chi connectivity index (χ3n) is 4.61. The molecule has 8 heteroatoms. The molecule has 0 aromatic rings. The minimum Gasteiger partial charge on any atom is -0.468 e. The van der Waals surface area contributed by atoms with Crippen LogP contribution in [0.25, 0.3) is 0 Å². The second-order valence-electron chi connectivity index (χ2n) is 5.72. The van der Waals surface area contributed by atoms with Gasteiger partial charge in [0.15, 0.2) is 10.8 Å². The van der Waals surface area contributed by atoms with Gasteiger partial charge in [0.1, 0.15) is 0 Å². The Hall–Kier alpha value is -2.38. The van der Waals surface area contributed by atoms with E-state index in [1.54, 1.807) is 26.0 Å². The number of carbonyl (C=O) groups excluding carboxylic acids is 4. The van der Waals surface area contributed by atoms with Crippen LogP contribution in [-0.2, 0) is 38.1 Å². The lowest BCUT2D eigenvalue weighted by Crippen LogP contribution is -2.41. The quantitative estimate of drug-likeness (QED) is 0.247. The van der Waals surface area contributed by atoms with Crippen LogP contribution in [-0.4, -0.2) is 52.3 Å². The third-order valence-corrected chi connectivity index (χ3v) is 4.61. The third kappa shape index (κ3) is 4.62. The van der Waals surface area contributed by atoms with Crippen molar-refractivity contribution in [3.05, 3.63) is 12.2 Å². The molecule has 0 aromatic carbocycles. The Kier molecular flexibility index (Phi) is 9.61. The Bertz CT molecular complexity index is 469. The van der Waals surface area contributed by atoms with Crippen LogP contribution >= 0.6 is 0 Å². The molecule has 0 saturated carbocycles. The Morgan fingerprint density at radius 3 is 1.00 bits per heavy atom. The lowest BCUT2D eigenvalue weighted by molar-refractivity contribution is -0.171. The maximum Gasteiger partial charge on any atom is 0.323 e. The van der Waals surface area contributed by atoms with Crippen LogP contribution in [0.4, 0.5) is 0 Å². The largest absolute Gasteiger partial charge is 0.468 e. The molecule has 0 aromatic heterocycles. The van der Waals surface area contributed by atoms with Gasteiger partial charge in [-0.3, -0.25) is 19.2 Å². The summed E-state index contributed by atoms with van der Waals surface area (Å²) in [5, 5.41) is 0. The first-order chi connectivity index (χ1) is 12.3. The topological polar surface area (TPSA) is 105 Å². The van der Waals surface area contributed by atoms with Crippen molar-refractivity contribution >= 4 is 23.9 Å². The van der Waals surface area contributed by atoms with Crippen molar-refractivity contribution in [2.75, 3.05) is 28.4 Å². The molecule has 148 valence electrons. The van der Waals surface area contributed by atoms with E-state index in [0.29, 0.717) is 0 Å². The molecule has 0 bridgehead atoms. The Balaban J connectivity index is 5.56. The average Bonchev–Trinajstić information content (AvgIpc) is 2.69. The number of methoxy groups -OCH3 is 4. The number of allylic oxidation sites excluding steroid dienone is 2. The van der Waals surface area contributed by atoms with Crippen molar-refractivity contribution in [2.24, 2.45) is 10.8 Å². The number of ether oxygens (including phenoxy) is 4. The molecule has 0 fully saturated rings. The van der Waals surface area contributed by atoms with Crippen molar-refractivity contribution < 1.29 is 38.1 Å².